The zero-order chi connectivity index (χ0) is 31.5. The van der Waals surface area contributed by atoms with Crippen molar-refractivity contribution in [2.24, 2.45) is 0 Å². The number of carbonyl (C=O) groups excluding carboxylic acids is 2. The van der Waals surface area contributed by atoms with E-state index in [4.69, 9.17) is 9.47 Å². The molecule has 0 aromatic heterocycles. The van der Waals surface area contributed by atoms with Crippen LogP contribution in [-0.4, -0.2) is 36.4 Å². The molecule has 0 aliphatic rings. The van der Waals surface area contributed by atoms with Gasteiger partial charge in [0.2, 0.25) is 0 Å². The van der Waals surface area contributed by atoms with Gasteiger partial charge in [-0.3, -0.25) is 9.59 Å². The van der Waals surface area contributed by atoms with Crippen molar-refractivity contribution in [1.82, 2.24) is 0 Å². The Morgan fingerprint density at radius 2 is 0.930 bits per heavy atom. The van der Waals surface area contributed by atoms with Crippen LogP contribution >= 0.6 is 0 Å². The Bertz CT molecular complexity index is 657. The van der Waals surface area contributed by atoms with Gasteiger partial charge in [0.15, 0.2) is 6.10 Å². The molecule has 0 aromatic rings. The predicted octanol–water partition coefficient (Wildman–Crippen LogP) is 11.1. The molecular weight excluding hydrogens is 536 g/mol. The van der Waals surface area contributed by atoms with Crippen LogP contribution in [0.5, 0.6) is 0 Å². The molecule has 0 spiro atoms. The van der Waals surface area contributed by atoms with Gasteiger partial charge in [0.25, 0.3) is 0 Å². The fourth-order valence-electron chi connectivity index (χ4n) is 5.17. The summed E-state index contributed by atoms with van der Waals surface area (Å²) in [5, 5.41) is 9.49. The number of hydrogen-bond acceptors (Lipinski definition) is 5. The first-order chi connectivity index (χ1) is 21.1. The van der Waals surface area contributed by atoms with E-state index in [-0.39, 0.29) is 25.2 Å². The van der Waals surface area contributed by atoms with Crippen LogP contribution in [0.2, 0.25) is 0 Å². The third-order valence-corrected chi connectivity index (χ3v) is 8.00. The maximum absolute atomic E-state index is 12.1. The van der Waals surface area contributed by atoms with E-state index in [2.05, 4.69) is 38.2 Å². The van der Waals surface area contributed by atoms with Crippen molar-refractivity contribution in [3.8, 4) is 0 Å². The van der Waals surface area contributed by atoms with Crippen molar-refractivity contribution >= 4 is 11.9 Å². The fraction of sp³-hybridized carbons (Fsp3) is 0.842. The van der Waals surface area contributed by atoms with Crippen LogP contribution in [0.4, 0.5) is 0 Å². The first-order valence-corrected chi connectivity index (χ1v) is 18.4. The highest BCUT2D eigenvalue weighted by molar-refractivity contribution is 5.70. The molecule has 0 rings (SSSR count). The minimum Gasteiger partial charge on any atom is -0.462 e. The minimum absolute atomic E-state index is 0.0645. The average molecular weight is 607 g/mol. The summed E-state index contributed by atoms with van der Waals surface area (Å²) in [6.45, 7) is 4.09. The van der Waals surface area contributed by atoms with Gasteiger partial charge in [0.1, 0.15) is 6.61 Å². The molecule has 0 saturated carbocycles. The van der Waals surface area contributed by atoms with Gasteiger partial charge in [-0.1, -0.05) is 154 Å². The van der Waals surface area contributed by atoms with Gasteiger partial charge in [-0.05, 0) is 44.9 Å². The van der Waals surface area contributed by atoms with E-state index in [0.29, 0.717) is 12.8 Å². The number of rotatable bonds is 33. The molecule has 0 amide bonds. The molecule has 0 aromatic carbocycles. The molecule has 252 valence electrons. The summed E-state index contributed by atoms with van der Waals surface area (Å²) >= 11 is 0. The third kappa shape index (κ3) is 33.1. The first kappa shape index (κ1) is 41.4. The van der Waals surface area contributed by atoms with E-state index in [9.17, 15) is 14.7 Å². The quantitative estimate of drug-likeness (QED) is 0.0457. The first-order valence-electron chi connectivity index (χ1n) is 18.4. The van der Waals surface area contributed by atoms with Crippen molar-refractivity contribution in [3.63, 3.8) is 0 Å². The number of aliphatic hydroxyl groups is 1. The SMILES string of the molecule is CCCCCCC/C=C\C/C=C\CCCCCCCCCCCC(=O)OC(CO)COC(=O)CCCCCCCCCC. The largest absolute Gasteiger partial charge is 0.462 e. The Kier molecular flexibility index (Phi) is 33.6. The summed E-state index contributed by atoms with van der Waals surface area (Å²) in [4.78, 5) is 24.1. The number of allylic oxidation sites excluding steroid dienone is 4. The van der Waals surface area contributed by atoms with Gasteiger partial charge >= 0.3 is 11.9 Å². The molecule has 43 heavy (non-hydrogen) atoms. The zero-order valence-corrected chi connectivity index (χ0v) is 28.5. The minimum atomic E-state index is -0.766. The van der Waals surface area contributed by atoms with Gasteiger partial charge in [0.05, 0.1) is 6.61 Å². The third-order valence-electron chi connectivity index (χ3n) is 8.00. The van der Waals surface area contributed by atoms with Crippen molar-refractivity contribution in [1.29, 1.82) is 0 Å². The number of hydrogen-bond donors (Lipinski definition) is 1. The number of esters is 2. The molecule has 1 atom stereocenters. The van der Waals surface area contributed by atoms with Gasteiger partial charge < -0.3 is 14.6 Å². The monoisotopic (exact) mass is 607 g/mol. The molecule has 0 aliphatic carbocycles. The van der Waals surface area contributed by atoms with Crippen LogP contribution in [0.3, 0.4) is 0 Å². The maximum Gasteiger partial charge on any atom is 0.306 e. The predicted molar refractivity (Wildman–Crippen MR) is 182 cm³/mol. The van der Waals surface area contributed by atoms with Crippen LogP contribution in [0, 0.1) is 0 Å². The Balaban J connectivity index is 3.52. The number of carbonyl (C=O) groups is 2. The molecule has 0 bridgehead atoms. The maximum atomic E-state index is 12.1. The van der Waals surface area contributed by atoms with Gasteiger partial charge in [-0.2, -0.15) is 0 Å². The van der Waals surface area contributed by atoms with Crippen molar-refractivity contribution in [3.05, 3.63) is 24.3 Å². The fourth-order valence-corrected chi connectivity index (χ4v) is 5.17. The Morgan fingerprint density at radius 1 is 0.535 bits per heavy atom. The Hall–Kier alpha value is -1.62. The van der Waals surface area contributed by atoms with E-state index < -0.39 is 6.10 Å². The number of unbranched alkanes of at least 4 members (excludes halogenated alkanes) is 21. The van der Waals surface area contributed by atoms with Crippen LogP contribution in [0.1, 0.15) is 187 Å². The second kappa shape index (κ2) is 34.9. The van der Waals surface area contributed by atoms with Crippen LogP contribution in [0.15, 0.2) is 24.3 Å². The Morgan fingerprint density at radius 3 is 1.37 bits per heavy atom. The molecule has 1 unspecified atom stereocenters. The molecule has 1 N–H and O–H groups in total. The zero-order valence-electron chi connectivity index (χ0n) is 28.5. The smallest absolute Gasteiger partial charge is 0.306 e. The highest BCUT2D eigenvalue weighted by Gasteiger charge is 2.16. The topological polar surface area (TPSA) is 72.8 Å². The molecule has 0 aliphatic heterocycles. The van der Waals surface area contributed by atoms with Crippen molar-refractivity contribution in [2.45, 2.75) is 193 Å². The van der Waals surface area contributed by atoms with Crippen LogP contribution < -0.4 is 0 Å². The van der Waals surface area contributed by atoms with Crippen LogP contribution in [0.25, 0.3) is 0 Å². The summed E-state index contributed by atoms with van der Waals surface area (Å²) in [5.74, 6) is -0.597. The summed E-state index contributed by atoms with van der Waals surface area (Å²) < 4.78 is 10.5. The van der Waals surface area contributed by atoms with Gasteiger partial charge in [0, 0.05) is 12.8 Å². The highest BCUT2D eigenvalue weighted by atomic mass is 16.6. The Labute approximate surface area is 266 Å². The van der Waals surface area contributed by atoms with E-state index in [1.54, 1.807) is 0 Å². The summed E-state index contributed by atoms with van der Waals surface area (Å²) in [5.41, 5.74) is 0. The van der Waals surface area contributed by atoms with Gasteiger partial charge in [-0.25, -0.2) is 0 Å². The normalized spacial score (nSPS) is 12.3. The van der Waals surface area contributed by atoms with Crippen molar-refractivity contribution < 1.29 is 24.2 Å². The lowest BCUT2D eigenvalue weighted by atomic mass is 10.1. The lowest BCUT2D eigenvalue weighted by molar-refractivity contribution is -0.161. The summed E-state index contributed by atoms with van der Waals surface area (Å²) in [7, 11) is 0. The molecule has 0 fully saturated rings. The van der Waals surface area contributed by atoms with Gasteiger partial charge in [-0.15, -0.1) is 0 Å². The molecule has 0 saturated heterocycles. The van der Waals surface area contributed by atoms with E-state index in [1.807, 2.05) is 0 Å². The summed E-state index contributed by atoms with van der Waals surface area (Å²) in [6.07, 6.45) is 39.6. The second-order valence-electron chi connectivity index (χ2n) is 12.3. The molecule has 0 heterocycles. The number of ether oxygens (including phenoxy) is 2. The summed E-state index contributed by atoms with van der Waals surface area (Å²) in [6, 6.07) is 0. The van der Waals surface area contributed by atoms with E-state index in [0.717, 1.165) is 44.9 Å². The highest BCUT2D eigenvalue weighted by Crippen LogP contribution is 2.13. The molecule has 5 heteroatoms. The second-order valence-corrected chi connectivity index (χ2v) is 12.3. The molecule has 0 radical (unpaired) electrons. The average Bonchev–Trinajstić information content (AvgIpc) is 3.01. The molecule has 5 nitrogen and oxygen atoms in total. The lowest BCUT2D eigenvalue weighted by Gasteiger charge is -2.15. The lowest BCUT2D eigenvalue weighted by Crippen LogP contribution is -2.28. The van der Waals surface area contributed by atoms with Crippen LogP contribution in [-0.2, 0) is 19.1 Å². The standard InChI is InChI=1S/C38H70O5/c1-3-5-7-9-11-13-14-15-16-17-18-19-20-21-22-23-24-25-27-29-31-33-38(41)43-36(34-39)35-42-37(40)32-30-28-26-12-10-8-6-4-2/h14-15,17-18,36,39H,3-13,16,19-35H2,1-2H3/b15-14-,18-17-. The number of aliphatic hydroxyl groups excluding tert-OH is 1. The van der Waals surface area contributed by atoms with E-state index in [1.165, 1.54) is 116 Å². The van der Waals surface area contributed by atoms with E-state index >= 15 is 0 Å². The van der Waals surface area contributed by atoms with Crippen molar-refractivity contribution in [2.75, 3.05) is 13.2 Å². The molecular formula is C38H70O5.